The number of alkyl halides is 3. The smallest absolute Gasteiger partial charge is 0.311 e. The van der Waals surface area contributed by atoms with Gasteiger partial charge in [0.2, 0.25) is 5.91 Å². The average Bonchev–Trinajstić information content (AvgIpc) is 2.71. The third-order valence-corrected chi connectivity index (χ3v) is 3.48. The summed E-state index contributed by atoms with van der Waals surface area (Å²) in [5.41, 5.74) is 0.298. The monoisotopic (exact) mass is 286 g/mol. The molecule has 3 nitrogen and oxygen atoms in total. The fourth-order valence-corrected chi connectivity index (χ4v) is 2.43. The van der Waals surface area contributed by atoms with Crippen LogP contribution in [0.5, 0.6) is 0 Å². The second-order valence-corrected chi connectivity index (χ2v) is 4.89. The summed E-state index contributed by atoms with van der Waals surface area (Å²) in [5, 5.41) is 3.04. The number of carbonyl (C=O) groups is 1. The van der Waals surface area contributed by atoms with Crippen LogP contribution in [0.4, 0.5) is 18.9 Å². The molecule has 1 aromatic rings. The highest BCUT2D eigenvalue weighted by Crippen LogP contribution is 2.34. The fourth-order valence-electron chi connectivity index (χ4n) is 2.43. The molecular weight excluding hydrogens is 269 g/mol. The van der Waals surface area contributed by atoms with Gasteiger partial charge in [-0.25, -0.2) is 0 Å². The van der Waals surface area contributed by atoms with Crippen LogP contribution in [-0.4, -0.2) is 25.0 Å². The Morgan fingerprint density at radius 3 is 2.70 bits per heavy atom. The molecule has 1 unspecified atom stereocenters. The minimum Gasteiger partial charge on any atom is -0.311 e. The molecule has 1 aromatic carbocycles. The molecule has 1 aliphatic rings. The van der Waals surface area contributed by atoms with Crippen molar-refractivity contribution in [3.63, 3.8) is 0 Å². The van der Waals surface area contributed by atoms with E-state index in [2.05, 4.69) is 5.32 Å². The van der Waals surface area contributed by atoms with Crippen LogP contribution in [0.3, 0.4) is 0 Å². The van der Waals surface area contributed by atoms with Crippen molar-refractivity contribution >= 4 is 11.6 Å². The molecule has 0 radical (unpaired) electrons. The van der Waals surface area contributed by atoms with Gasteiger partial charge in [0.05, 0.1) is 11.6 Å². The van der Waals surface area contributed by atoms with Gasteiger partial charge < -0.3 is 10.2 Å². The van der Waals surface area contributed by atoms with E-state index in [9.17, 15) is 18.0 Å². The molecule has 2 rings (SSSR count). The Labute approximate surface area is 115 Å². The highest BCUT2D eigenvalue weighted by atomic mass is 19.4. The summed E-state index contributed by atoms with van der Waals surface area (Å²) < 4.78 is 38.3. The Morgan fingerprint density at radius 1 is 1.40 bits per heavy atom. The molecule has 110 valence electrons. The number of benzene rings is 1. The van der Waals surface area contributed by atoms with Crippen LogP contribution < -0.4 is 10.2 Å². The molecule has 1 amide bonds. The topological polar surface area (TPSA) is 32.3 Å². The summed E-state index contributed by atoms with van der Waals surface area (Å²) in [6, 6.07) is 3.21. The van der Waals surface area contributed by atoms with E-state index in [1.54, 1.807) is 6.92 Å². The van der Waals surface area contributed by atoms with E-state index in [4.69, 9.17) is 0 Å². The zero-order valence-electron chi connectivity index (χ0n) is 11.4. The number of anilines is 1. The van der Waals surface area contributed by atoms with Gasteiger partial charge in [0.25, 0.3) is 0 Å². The number of aryl methyl sites for hydroxylation is 1. The maximum absolute atomic E-state index is 12.8. The van der Waals surface area contributed by atoms with Crippen molar-refractivity contribution in [2.45, 2.75) is 32.5 Å². The third-order valence-electron chi connectivity index (χ3n) is 3.48. The molecule has 1 aliphatic heterocycles. The zero-order chi connectivity index (χ0) is 14.9. The molecule has 20 heavy (non-hydrogen) atoms. The number of nitrogens with zero attached hydrogens (tertiary/aromatic N) is 1. The van der Waals surface area contributed by atoms with Gasteiger partial charge in [0.1, 0.15) is 0 Å². The number of carbonyl (C=O) groups excluding carboxylic acids is 1. The zero-order valence-corrected chi connectivity index (χ0v) is 11.4. The molecule has 1 atom stereocenters. The van der Waals surface area contributed by atoms with Crippen LogP contribution in [0.15, 0.2) is 18.2 Å². The van der Waals surface area contributed by atoms with Crippen molar-refractivity contribution in [3.05, 3.63) is 29.3 Å². The van der Waals surface area contributed by atoms with E-state index in [0.29, 0.717) is 30.8 Å². The van der Waals surface area contributed by atoms with Gasteiger partial charge in [-0.05, 0) is 37.6 Å². The van der Waals surface area contributed by atoms with Crippen LogP contribution in [0.25, 0.3) is 0 Å². The largest absolute Gasteiger partial charge is 0.416 e. The van der Waals surface area contributed by atoms with Gasteiger partial charge in [-0.15, -0.1) is 0 Å². The van der Waals surface area contributed by atoms with Crippen LogP contribution in [0.2, 0.25) is 0 Å². The first-order valence-electron chi connectivity index (χ1n) is 6.57. The lowest BCUT2D eigenvalue weighted by Crippen LogP contribution is -2.38. The first-order chi connectivity index (χ1) is 9.34. The fraction of sp³-hybridized carbons (Fsp3) is 0.500. The van der Waals surface area contributed by atoms with E-state index < -0.39 is 11.7 Å². The van der Waals surface area contributed by atoms with E-state index >= 15 is 0 Å². The maximum atomic E-state index is 12.8. The number of likely N-dealkylation sites (N-methyl/N-ethyl adjacent to an activating group) is 1. The Morgan fingerprint density at radius 2 is 2.10 bits per heavy atom. The Bertz CT molecular complexity index is 514. The Balaban J connectivity index is 2.31. The summed E-state index contributed by atoms with van der Waals surface area (Å²) in [6.45, 7) is 4.71. The van der Waals surface area contributed by atoms with Crippen molar-refractivity contribution in [2.24, 2.45) is 0 Å². The van der Waals surface area contributed by atoms with Crippen molar-refractivity contribution in [2.75, 3.05) is 18.0 Å². The van der Waals surface area contributed by atoms with Crippen molar-refractivity contribution < 1.29 is 18.0 Å². The number of nitrogens with one attached hydrogen (secondary N) is 1. The highest BCUT2D eigenvalue weighted by Gasteiger charge is 2.35. The lowest BCUT2D eigenvalue weighted by atomic mass is 10.1. The third kappa shape index (κ3) is 2.80. The summed E-state index contributed by atoms with van der Waals surface area (Å²) >= 11 is 0. The number of amides is 1. The second kappa shape index (κ2) is 5.44. The summed E-state index contributed by atoms with van der Waals surface area (Å²) in [7, 11) is 0. The summed E-state index contributed by atoms with van der Waals surface area (Å²) in [6.07, 6.45) is -3.78. The standard InChI is InChI=1S/C14H17F3N2O/c1-3-18-11-6-7-19(13(11)20)12-8-10(14(15,16)17)5-4-9(12)2/h4-5,8,11,18H,3,6-7H2,1-2H3. The minimum atomic E-state index is -4.40. The molecule has 0 aliphatic carbocycles. The normalized spacial score (nSPS) is 19.8. The molecule has 6 heteroatoms. The molecule has 1 heterocycles. The first-order valence-corrected chi connectivity index (χ1v) is 6.57. The molecule has 0 bridgehead atoms. The molecule has 1 N–H and O–H groups in total. The Hall–Kier alpha value is -1.56. The Kier molecular flexibility index (Phi) is 4.04. The molecule has 0 saturated carbocycles. The van der Waals surface area contributed by atoms with E-state index in [1.807, 2.05) is 6.92 Å². The SMILES string of the molecule is CCNC1CCN(c2cc(C(F)(F)F)ccc2C)C1=O. The van der Waals surface area contributed by atoms with Crippen LogP contribution in [0.1, 0.15) is 24.5 Å². The average molecular weight is 286 g/mol. The lowest BCUT2D eigenvalue weighted by Gasteiger charge is -2.21. The van der Waals surface area contributed by atoms with Crippen LogP contribution >= 0.6 is 0 Å². The first kappa shape index (κ1) is 14.8. The van der Waals surface area contributed by atoms with E-state index in [-0.39, 0.29) is 11.9 Å². The van der Waals surface area contributed by atoms with Crippen molar-refractivity contribution in [3.8, 4) is 0 Å². The van der Waals surface area contributed by atoms with Crippen molar-refractivity contribution in [1.29, 1.82) is 0 Å². The predicted molar refractivity (Wildman–Crippen MR) is 70.6 cm³/mol. The van der Waals surface area contributed by atoms with Gasteiger partial charge in [0, 0.05) is 12.2 Å². The van der Waals surface area contributed by atoms with Gasteiger partial charge >= 0.3 is 6.18 Å². The minimum absolute atomic E-state index is 0.158. The predicted octanol–water partition coefficient (Wildman–Crippen LogP) is 2.73. The van der Waals surface area contributed by atoms with E-state index in [1.165, 1.54) is 11.0 Å². The number of halogens is 3. The van der Waals surface area contributed by atoms with Crippen LogP contribution in [-0.2, 0) is 11.0 Å². The van der Waals surface area contributed by atoms with Gasteiger partial charge in [-0.2, -0.15) is 13.2 Å². The lowest BCUT2D eigenvalue weighted by molar-refractivity contribution is -0.137. The van der Waals surface area contributed by atoms with Crippen LogP contribution in [0, 0.1) is 6.92 Å². The van der Waals surface area contributed by atoms with E-state index in [0.717, 1.165) is 12.1 Å². The maximum Gasteiger partial charge on any atom is 0.416 e. The molecule has 1 fully saturated rings. The highest BCUT2D eigenvalue weighted by molar-refractivity contribution is 6.00. The molecule has 1 saturated heterocycles. The van der Waals surface area contributed by atoms with Gasteiger partial charge in [-0.1, -0.05) is 13.0 Å². The quantitative estimate of drug-likeness (QED) is 0.926. The summed E-state index contributed by atoms with van der Waals surface area (Å²) in [4.78, 5) is 13.6. The molecular formula is C14H17F3N2O. The second-order valence-electron chi connectivity index (χ2n) is 4.89. The van der Waals surface area contributed by atoms with Gasteiger partial charge in [0.15, 0.2) is 0 Å². The molecule has 0 aromatic heterocycles. The number of rotatable bonds is 3. The van der Waals surface area contributed by atoms with Crippen molar-refractivity contribution in [1.82, 2.24) is 5.32 Å². The number of hydrogen-bond donors (Lipinski definition) is 1. The van der Waals surface area contributed by atoms with Gasteiger partial charge in [-0.3, -0.25) is 4.79 Å². The summed E-state index contributed by atoms with van der Waals surface area (Å²) in [5.74, 6) is -0.158. The number of hydrogen-bond acceptors (Lipinski definition) is 2. The molecule has 0 spiro atoms.